The molecule has 1 N–H and O–H groups in total. The molecule has 94 valence electrons. The summed E-state index contributed by atoms with van der Waals surface area (Å²) in [5.74, 6) is -1.40. The summed E-state index contributed by atoms with van der Waals surface area (Å²) < 4.78 is 24.0. The molecule has 16 heavy (non-hydrogen) atoms. The molecule has 1 amide bonds. The van der Waals surface area contributed by atoms with Crippen molar-refractivity contribution in [2.75, 3.05) is 11.9 Å². The van der Waals surface area contributed by atoms with E-state index < -0.39 is 17.7 Å². The molecule has 3 nitrogen and oxygen atoms in total. The first-order valence-corrected chi connectivity index (χ1v) is 6.20. The quantitative estimate of drug-likeness (QED) is 0.732. The largest absolute Gasteiger partial charge is 0.350 e. The molecule has 0 heterocycles. The third kappa shape index (κ3) is 3.81. The monoisotopic (exact) mass is 299 g/mol. The van der Waals surface area contributed by atoms with Gasteiger partial charge in [0, 0.05) is 12.0 Å². The lowest BCUT2D eigenvalue weighted by Crippen LogP contribution is -2.44. The Labute approximate surface area is 102 Å². The van der Waals surface area contributed by atoms with Crippen LogP contribution in [0, 0.1) is 5.41 Å². The minimum absolute atomic E-state index is 0.0341. The van der Waals surface area contributed by atoms with Crippen molar-refractivity contribution in [3.05, 3.63) is 0 Å². The average Bonchev–Trinajstić information content (AvgIpc) is 2.29. The van der Waals surface area contributed by atoms with Gasteiger partial charge in [-0.15, -0.1) is 0 Å². The third-order valence-electron chi connectivity index (χ3n) is 2.87. The fourth-order valence-corrected chi connectivity index (χ4v) is 2.06. The number of carbonyl (C=O) groups is 2. The first kappa shape index (κ1) is 15.5. The van der Waals surface area contributed by atoms with Crippen LogP contribution in [0.4, 0.5) is 8.78 Å². The van der Waals surface area contributed by atoms with Crippen LogP contribution in [-0.4, -0.2) is 30.0 Å². The average molecular weight is 300 g/mol. The Morgan fingerprint density at radius 3 is 2.12 bits per heavy atom. The first-order valence-electron chi connectivity index (χ1n) is 5.08. The van der Waals surface area contributed by atoms with Crippen LogP contribution in [0.3, 0.4) is 0 Å². The molecule has 0 atom stereocenters. The normalized spacial score (nSPS) is 11.6. The highest BCUT2D eigenvalue weighted by Gasteiger charge is 2.34. The van der Waals surface area contributed by atoms with E-state index in [0.29, 0.717) is 12.8 Å². The predicted molar refractivity (Wildman–Crippen MR) is 60.8 cm³/mol. The summed E-state index contributed by atoms with van der Waals surface area (Å²) in [6.07, 6.45) is -2.01. The number of Topliss-reactive ketones (excluding diaryl/α,β-unsaturated/α-hetero) is 1. The van der Waals surface area contributed by atoms with Gasteiger partial charge in [-0.3, -0.25) is 9.59 Å². The van der Waals surface area contributed by atoms with Crippen LogP contribution in [-0.2, 0) is 9.59 Å². The smallest absolute Gasteiger partial charge is 0.315 e. The van der Waals surface area contributed by atoms with E-state index in [1.54, 1.807) is 13.8 Å². The summed E-state index contributed by atoms with van der Waals surface area (Å²) in [6, 6.07) is 0. The molecule has 0 spiro atoms. The van der Waals surface area contributed by atoms with Gasteiger partial charge in [-0.25, -0.2) is 0 Å². The Kier molecular flexibility index (Phi) is 6.71. The summed E-state index contributed by atoms with van der Waals surface area (Å²) in [7, 11) is 0. The van der Waals surface area contributed by atoms with Crippen molar-refractivity contribution in [2.45, 2.75) is 33.1 Å². The fraction of sp³-hybridized carbons (Fsp3) is 0.800. The predicted octanol–water partition coefficient (Wildman–Crippen LogP) is 2.14. The lowest BCUT2D eigenvalue weighted by Gasteiger charge is -2.29. The molecular formula is C10H16BrF2NO2. The van der Waals surface area contributed by atoms with Crippen molar-refractivity contribution in [3.63, 3.8) is 0 Å². The Bertz CT molecular complexity index is 255. The maximum atomic E-state index is 12.0. The van der Waals surface area contributed by atoms with Crippen LogP contribution >= 0.6 is 15.9 Å². The summed E-state index contributed by atoms with van der Waals surface area (Å²) >= 11 is 3.06. The molecule has 0 saturated heterocycles. The molecule has 0 aromatic heterocycles. The van der Waals surface area contributed by atoms with Gasteiger partial charge < -0.3 is 5.32 Å². The van der Waals surface area contributed by atoms with E-state index in [1.807, 2.05) is 0 Å². The molecule has 0 aromatic carbocycles. The summed E-state index contributed by atoms with van der Waals surface area (Å²) in [6.45, 7) is 3.57. The van der Waals surface area contributed by atoms with Crippen molar-refractivity contribution in [1.82, 2.24) is 5.32 Å². The van der Waals surface area contributed by atoms with Crippen molar-refractivity contribution in [3.8, 4) is 0 Å². The zero-order chi connectivity index (χ0) is 12.8. The van der Waals surface area contributed by atoms with Crippen LogP contribution < -0.4 is 5.32 Å². The highest BCUT2D eigenvalue weighted by Crippen LogP contribution is 2.27. The number of nitrogens with one attached hydrogen (secondary N) is 1. The second-order valence-electron chi connectivity index (χ2n) is 3.56. The Balaban J connectivity index is 4.56. The van der Waals surface area contributed by atoms with Gasteiger partial charge in [0.25, 0.3) is 5.91 Å². The van der Waals surface area contributed by atoms with E-state index in [9.17, 15) is 18.4 Å². The van der Waals surface area contributed by atoms with Crippen LogP contribution in [0.5, 0.6) is 0 Å². The lowest BCUT2D eigenvalue weighted by atomic mass is 9.79. The van der Waals surface area contributed by atoms with Gasteiger partial charge in [0.1, 0.15) is 0 Å². The number of carbonyl (C=O) groups excluding carboxylic acids is 2. The van der Waals surface area contributed by atoms with Crippen LogP contribution in [0.25, 0.3) is 0 Å². The molecular weight excluding hydrogens is 284 g/mol. The minimum atomic E-state index is -3.04. The zero-order valence-corrected chi connectivity index (χ0v) is 10.9. The van der Waals surface area contributed by atoms with E-state index in [2.05, 4.69) is 21.2 Å². The second kappa shape index (κ2) is 6.93. The van der Waals surface area contributed by atoms with E-state index >= 15 is 0 Å². The van der Waals surface area contributed by atoms with Gasteiger partial charge in [0.05, 0.1) is 5.33 Å². The van der Waals surface area contributed by atoms with E-state index in [4.69, 9.17) is 0 Å². The van der Waals surface area contributed by atoms with E-state index in [1.165, 1.54) is 0 Å². The van der Waals surface area contributed by atoms with Crippen LogP contribution in [0.1, 0.15) is 26.7 Å². The highest BCUT2D eigenvalue weighted by atomic mass is 79.9. The zero-order valence-electron chi connectivity index (χ0n) is 9.36. The number of rotatable bonds is 7. The van der Waals surface area contributed by atoms with Gasteiger partial charge in [0.2, 0.25) is 0 Å². The Morgan fingerprint density at radius 1 is 1.31 bits per heavy atom. The van der Waals surface area contributed by atoms with Gasteiger partial charge in [-0.05, 0) is 12.8 Å². The fourth-order valence-electron chi connectivity index (χ4n) is 1.47. The van der Waals surface area contributed by atoms with Gasteiger partial charge in [-0.2, -0.15) is 8.78 Å². The Morgan fingerprint density at radius 2 is 1.81 bits per heavy atom. The molecule has 0 aromatic rings. The molecule has 0 bridgehead atoms. The molecule has 6 heteroatoms. The van der Waals surface area contributed by atoms with Gasteiger partial charge in [-0.1, -0.05) is 29.8 Å². The number of alkyl halides is 3. The molecule has 0 saturated carbocycles. The Hall–Kier alpha value is -0.520. The lowest BCUT2D eigenvalue weighted by molar-refractivity contribution is -0.133. The standard InChI is InChI=1S/C10H16BrF2NO2/c1-3-10(4-2,7(15)5-11)6-14-9(16)8(12)13/h8H,3-6H2,1-2H3,(H,14,16). The molecule has 0 aliphatic rings. The van der Waals surface area contributed by atoms with Crippen molar-refractivity contribution in [2.24, 2.45) is 5.41 Å². The molecule has 0 radical (unpaired) electrons. The molecule has 0 aliphatic carbocycles. The maximum Gasteiger partial charge on any atom is 0.315 e. The highest BCUT2D eigenvalue weighted by molar-refractivity contribution is 9.09. The number of hydrogen-bond acceptors (Lipinski definition) is 2. The number of hydrogen-bond donors (Lipinski definition) is 1. The number of amides is 1. The molecule has 0 rings (SSSR count). The summed E-state index contributed by atoms with van der Waals surface area (Å²) in [5, 5.41) is 2.28. The van der Waals surface area contributed by atoms with Crippen molar-refractivity contribution < 1.29 is 18.4 Å². The van der Waals surface area contributed by atoms with Crippen LogP contribution in [0.15, 0.2) is 0 Å². The van der Waals surface area contributed by atoms with Gasteiger partial charge >= 0.3 is 6.43 Å². The van der Waals surface area contributed by atoms with Gasteiger partial charge in [0.15, 0.2) is 5.78 Å². The van der Waals surface area contributed by atoms with Crippen molar-refractivity contribution in [1.29, 1.82) is 0 Å². The summed E-state index contributed by atoms with van der Waals surface area (Å²) in [5.41, 5.74) is -0.742. The number of ketones is 1. The minimum Gasteiger partial charge on any atom is -0.350 e. The SMILES string of the molecule is CCC(CC)(CNC(=O)C(F)F)C(=O)CBr. The topological polar surface area (TPSA) is 46.2 Å². The summed E-state index contributed by atoms with van der Waals surface area (Å²) in [4.78, 5) is 22.4. The molecule has 0 aliphatic heterocycles. The second-order valence-corrected chi connectivity index (χ2v) is 4.12. The first-order chi connectivity index (χ1) is 7.43. The number of halogens is 3. The van der Waals surface area contributed by atoms with E-state index in [-0.39, 0.29) is 17.7 Å². The third-order valence-corrected chi connectivity index (χ3v) is 3.37. The molecule has 0 unspecified atom stereocenters. The molecule has 0 fully saturated rings. The maximum absolute atomic E-state index is 12.0. The van der Waals surface area contributed by atoms with Crippen LogP contribution in [0.2, 0.25) is 0 Å². The van der Waals surface area contributed by atoms with Crippen molar-refractivity contribution >= 4 is 27.6 Å². The van der Waals surface area contributed by atoms with E-state index in [0.717, 1.165) is 0 Å².